The highest BCUT2D eigenvalue weighted by Gasteiger charge is 2.64. The van der Waals surface area contributed by atoms with Gasteiger partial charge in [-0.25, -0.2) is 0 Å². The molecule has 0 aromatic heterocycles. The van der Waals surface area contributed by atoms with Crippen molar-refractivity contribution in [2.24, 2.45) is 0 Å². The summed E-state index contributed by atoms with van der Waals surface area (Å²) in [5.74, 6) is 1.18. The number of carbonyl (C=O) groups is 1. The van der Waals surface area contributed by atoms with Crippen LogP contribution in [0.3, 0.4) is 0 Å². The first-order valence-electron chi connectivity index (χ1n) is 12.2. The van der Waals surface area contributed by atoms with Gasteiger partial charge in [0.2, 0.25) is 0 Å². The second kappa shape index (κ2) is 11.5. The van der Waals surface area contributed by atoms with Crippen LogP contribution in [0.5, 0.6) is 5.75 Å². The summed E-state index contributed by atoms with van der Waals surface area (Å²) in [6.07, 6.45) is 14.8. The van der Waals surface area contributed by atoms with Crippen LogP contribution >= 0.6 is 7.26 Å². The Morgan fingerprint density at radius 3 is 1.77 bits per heavy atom. The molecule has 0 radical (unpaired) electrons. The smallest absolute Gasteiger partial charge is 0.268 e. The third-order valence-corrected chi connectivity index (χ3v) is 13.3. The van der Waals surface area contributed by atoms with Gasteiger partial charge in [0.25, 0.3) is 5.91 Å². The molecule has 170 valence electrons. The summed E-state index contributed by atoms with van der Waals surface area (Å²) in [5.41, 5.74) is 3.18. The Labute approximate surface area is 186 Å². The van der Waals surface area contributed by atoms with Crippen molar-refractivity contribution in [3.05, 3.63) is 23.3 Å². The SMILES string of the molecule is CCCC[P+](CCCC)(CCCC)C1(C(=O)Nc2c(C)cc(OC)cc2C)CCC1. The Morgan fingerprint density at radius 1 is 0.967 bits per heavy atom. The Hall–Kier alpha value is -1.08. The number of hydrogen-bond acceptors (Lipinski definition) is 2. The lowest BCUT2D eigenvalue weighted by molar-refractivity contribution is -0.120. The molecule has 1 amide bonds. The summed E-state index contributed by atoms with van der Waals surface area (Å²) in [4.78, 5) is 14.0. The molecule has 0 unspecified atom stereocenters. The van der Waals surface area contributed by atoms with Gasteiger partial charge in [0.15, 0.2) is 5.16 Å². The lowest BCUT2D eigenvalue weighted by atomic mass is 9.83. The maximum atomic E-state index is 14.0. The molecule has 2 rings (SSSR count). The van der Waals surface area contributed by atoms with Gasteiger partial charge >= 0.3 is 0 Å². The average Bonchev–Trinajstić information content (AvgIpc) is 2.70. The Bertz CT molecular complexity index is 651. The summed E-state index contributed by atoms with van der Waals surface area (Å²) in [6, 6.07) is 4.06. The van der Waals surface area contributed by atoms with E-state index >= 15 is 0 Å². The minimum absolute atomic E-state index is 0.0919. The van der Waals surface area contributed by atoms with E-state index in [1.165, 1.54) is 63.4 Å². The van der Waals surface area contributed by atoms with E-state index in [0.717, 1.165) is 35.4 Å². The fourth-order valence-electron chi connectivity index (χ4n) is 5.26. The molecule has 0 spiro atoms. The van der Waals surface area contributed by atoms with Crippen LogP contribution in [0.15, 0.2) is 12.1 Å². The van der Waals surface area contributed by atoms with Crippen LogP contribution in [0.1, 0.15) is 89.7 Å². The largest absolute Gasteiger partial charge is 0.497 e. The molecule has 1 N–H and O–H groups in total. The number of rotatable bonds is 13. The molecule has 0 heterocycles. The molecule has 1 aliphatic carbocycles. The predicted molar refractivity (Wildman–Crippen MR) is 134 cm³/mol. The Morgan fingerprint density at radius 2 is 1.43 bits per heavy atom. The van der Waals surface area contributed by atoms with Crippen molar-refractivity contribution in [3.63, 3.8) is 0 Å². The number of anilines is 1. The zero-order valence-corrected chi connectivity index (χ0v) is 21.3. The maximum Gasteiger partial charge on any atom is 0.268 e. The van der Waals surface area contributed by atoms with Gasteiger partial charge < -0.3 is 10.1 Å². The van der Waals surface area contributed by atoms with Crippen LogP contribution in [-0.2, 0) is 4.79 Å². The van der Waals surface area contributed by atoms with E-state index in [-0.39, 0.29) is 5.16 Å². The molecular weight excluding hydrogens is 389 g/mol. The molecule has 0 atom stereocenters. The number of unbranched alkanes of at least 4 members (excludes halogenated alkanes) is 3. The summed E-state index contributed by atoms with van der Waals surface area (Å²) in [7, 11) is 0.342. The van der Waals surface area contributed by atoms with E-state index in [0.29, 0.717) is 5.91 Å². The summed E-state index contributed by atoms with van der Waals surface area (Å²) in [6.45, 7) is 11.0. The van der Waals surface area contributed by atoms with Crippen LogP contribution in [0.25, 0.3) is 0 Å². The fraction of sp³-hybridized carbons (Fsp3) is 0.731. The highest BCUT2D eigenvalue weighted by molar-refractivity contribution is 7.78. The molecule has 1 aliphatic rings. The number of nitrogens with one attached hydrogen (secondary N) is 1. The molecule has 1 aromatic rings. The Balaban J connectivity index is 2.40. The van der Waals surface area contributed by atoms with Crippen LogP contribution in [0, 0.1) is 13.8 Å². The lowest BCUT2D eigenvalue weighted by Crippen LogP contribution is -2.52. The topological polar surface area (TPSA) is 38.3 Å². The zero-order valence-electron chi connectivity index (χ0n) is 20.4. The van der Waals surface area contributed by atoms with Gasteiger partial charge in [0.1, 0.15) is 5.75 Å². The van der Waals surface area contributed by atoms with Gasteiger partial charge in [-0.2, -0.15) is 0 Å². The van der Waals surface area contributed by atoms with E-state index < -0.39 is 7.26 Å². The third kappa shape index (κ3) is 5.21. The van der Waals surface area contributed by atoms with E-state index in [1.807, 2.05) is 12.1 Å². The molecule has 3 nitrogen and oxygen atoms in total. The molecule has 1 fully saturated rings. The van der Waals surface area contributed by atoms with Crippen LogP contribution in [0.2, 0.25) is 0 Å². The molecule has 1 aromatic carbocycles. The van der Waals surface area contributed by atoms with Crippen molar-refractivity contribution >= 4 is 18.9 Å². The van der Waals surface area contributed by atoms with Gasteiger partial charge in [0, 0.05) is 12.9 Å². The first kappa shape index (κ1) is 25.2. The zero-order chi connectivity index (χ0) is 22.2. The number of amides is 1. The van der Waals surface area contributed by atoms with Crippen molar-refractivity contribution < 1.29 is 9.53 Å². The molecular formula is C26H45NO2P+. The van der Waals surface area contributed by atoms with Crippen LogP contribution < -0.4 is 10.1 Å². The van der Waals surface area contributed by atoms with Crippen LogP contribution in [-0.4, -0.2) is 36.7 Å². The summed E-state index contributed by atoms with van der Waals surface area (Å²) in [5, 5.41) is 3.35. The summed E-state index contributed by atoms with van der Waals surface area (Å²) < 4.78 is 5.42. The van der Waals surface area contributed by atoms with Crippen molar-refractivity contribution in [2.75, 3.05) is 30.9 Å². The van der Waals surface area contributed by atoms with Crippen LogP contribution in [0.4, 0.5) is 5.69 Å². The number of aryl methyl sites for hydroxylation is 2. The van der Waals surface area contributed by atoms with E-state index in [9.17, 15) is 4.79 Å². The van der Waals surface area contributed by atoms with Gasteiger partial charge in [0.05, 0.1) is 25.6 Å². The van der Waals surface area contributed by atoms with Crippen molar-refractivity contribution in [1.29, 1.82) is 0 Å². The maximum absolute atomic E-state index is 14.0. The van der Waals surface area contributed by atoms with Gasteiger partial charge in [-0.15, -0.1) is 0 Å². The molecule has 4 heteroatoms. The molecule has 0 saturated heterocycles. The lowest BCUT2D eigenvalue weighted by Gasteiger charge is -2.49. The van der Waals surface area contributed by atoms with Crippen molar-refractivity contribution in [3.8, 4) is 5.75 Å². The second-order valence-electron chi connectivity index (χ2n) is 9.35. The third-order valence-electron chi connectivity index (χ3n) is 7.31. The first-order chi connectivity index (χ1) is 14.4. The van der Waals surface area contributed by atoms with E-state index in [4.69, 9.17) is 4.74 Å². The number of benzene rings is 1. The normalized spacial score (nSPS) is 15.5. The minimum Gasteiger partial charge on any atom is -0.497 e. The highest BCUT2D eigenvalue weighted by atomic mass is 31.2. The standard InChI is InChI=1S/C26H44NO2P/c1-7-10-16-30(17-11-8-2,18-12-9-3)26(14-13-15-26)25(28)27-24-21(4)19-23(29-6)20-22(24)5/h19-20H,7-18H2,1-6H3/p+1. The molecule has 0 aliphatic heterocycles. The molecule has 0 bridgehead atoms. The quantitative estimate of drug-likeness (QED) is 0.325. The van der Waals surface area contributed by atoms with Gasteiger partial charge in [-0.05, 0) is 75.6 Å². The highest BCUT2D eigenvalue weighted by Crippen LogP contribution is 2.76. The molecule has 1 saturated carbocycles. The number of ether oxygens (including phenoxy) is 1. The summed E-state index contributed by atoms with van der Waals surface area (Å²) >= 11 is 0. The Kier molecular flexibility index (Phi) is 9.67. The fourth-order valence-corrected chi connectivity index (χ4v) is 11.7. The number of hydrogen-bond donors (Lipinski definition) is 1. The van der Waals surface area contributed by atoms with Gasteiger partial charge in [-0.3, -0.25) is 4.79 Å². The van der Waals surface area contributed by atoms with E-state index in [2.05, 4.69) is 39.9 Å². The number of carbonyl (C=O) groups excluding carboxylic acids is 1. The minimum atomic E-state index is -1.36. The average molecular weight is 435 g/mol. The van der Waals surface area contributed by atoms with Crippen molar-refractivity contribution in [1.82, 2.24) is 0 Å². The monoisotopic (exact) mass is 434 g/mol. The second-order valence-corrected chi connectivity index (χ2v) is 13.8. The number of methoxy groups -OCH3 is 1. The molecule has 30 heavy (non-hydrogen) atoms. The van der Waals surface area contributed by atoms with E-state index in [1.54, 1.807) is 7.11 Å². The van der Waals surface area contributed by atoms with Gasteiger partial charge in [-0.1, -0.05) is 40.0 Å². The first-order valence-corrected chi connectivity index (χ1v) is 14.6. The predicted octanol–water partition coefficient (Wildman–Crippen LogP) is 7.59. The van der Waals surface area contributed by atoms with Crippen molar-refractivity contribution in [2.45, 2.75) is 97.6 Å².